The number of nitrogens with two attached hydrogens (primary N) is 1. The molecular formula is C13H21N3O2S2. The molecule has 3 N–H and O–H groups in total. The van der Waals surface area contributed by atoms with E-state index in [4.69, 9.17) is 10.5 Å². The van der Waals surface area contributed by atoms with Gasteiger partial charge >= 0.3 is 0 Å². The molecule has 2 heterocycles. The summed E-state index contributed by atoms with van der Waals surface area (Å²) in [7, 11) is 0. The minimum Gasteiger partial charge on any atom is -0.396 e. The molecule has 1 aliphatic heterocycles. The van der Waals surface area contributed by atoms with Crippen molar-refractivity contribution in [1.29, 1.82) is 0 Å². The van der Waals surface area contributed by atoms with Crippen LogP contribution in [-0.2, 0) is 4.74 Å². The number of nitrogens with one attached hydrogen (secondary N) is 1. The van der Waals surface area contributed by atoms with Gasteiger partial charge in [0.1, 0.15) is 9.88 Å². The van der Waals surface area contributed by atoms with Crippen LogP contribution in [0, 0.1) is 0 Å². The van der Waals surface area contributed by atoms with E-state index in [1.54, 1.807) is 11.8 Å². The number of thioether (sulfide) groups is 1. The number of nitrogen functional groups attached to an aromatic ring is 1. The summed E-state index contributed by atoms with van der Waals surface area (Å²) in [5, 5.41) is 3.91. The van der Waals surface area contributed by atoms with Gasteiger partial charge in [-0.2, -0.15) is 0 Å². The first kappa shape index (κ1) is 15.5. The molecule has 5 nitrogen and oxygen atoms in total. The maximum absolute atomic E-state index is 12.1. The minimum absolute atomic E-state index is 0.0853. The Balaban J connectivity index is 2.32. The lowest BCUT2D eigenvalue weighted by Crippen LogP contribution is -2.40. The maximum Gasteiger partial charge on any atom is 0.263 e. The third-order valence-electron chi connectivity index (χ3n) is 3.16. The number of amides is 1. The molecule has 1 aliphatic rings. The number of hydrogen-bond acceptors (Lipinski definition) is 6. The molecule has 0 bridgehead atoms. The lowest BCUT2D eigenvalue weighted by atomic mass is 10.3. The highest BCUT2D eigenvalue weighted by molar-refractivity contribution is 7.99. The van der Waals surface area contributed by atoms with Gasteiger partial charge in [0.05, 0.1) is 23.3 Å². The molecule has 0 aliphatic carbocycles. The van der Waals surface area contributed by atoms with Crippen LogP contribution in [0.15, 0.2) is 4.90 Å². The summed E-state index contributed by atoms with van der Waals surface area (Å²) < 4.78 is 5.57. The van der Waals surface area contributed by atoms with Gasteiger partial charge in [0.2, 0.25) is 0 Å². The molecule has 0 saturated carbocycles. The molecule has 1 atom stereocenters. The Kier molecular flexibility index (Phi) is 5.17. The summed E-state index contributed by atoms with van der Waals surface area (Å²) in [6.07, 6.45) is 2.20. The summed E-state index contributed by atoms with van der Waals surface area (Å²) >= 11 is 3.08. The van der Waals surface area contributed by atoms with Crippen LogP contribution < -0.4 is 16.0 Å². The molecule has 0 spiro atoms. The van der Waals surface area contributed by atoms with Crippen LogP contribution in [0.1, 0.15) is 23.5 Å². The Bertz CT molecular complexity index is 490. The standard InChI is InChI=1S/C13H21N3O2S2/c1-4-15-12(17)10-9(14)11(19-3)13(20-10)16-5-6-18-8(2)7-16/h8H,4-7,14H2,1-3H3,(H,15,17). The zero-order valence-electron chi connectivity index (χ0n) is 12.1. The van der Waals surface area contributed by atoms with Crippen molar-refractivity contribution in [2.75, 3.05) is 43.1 Å². The number of carbonyl (C=O) groups is 1. The highest BCUT2D eigenvalue weighted by Gasteiger charge is 2.26. The zero-order chi connectivity index (χ0) is 14.7. The van der Waals surface area contributed by atoms with Crippen molar-refractivity contribution in [1.82, 2.24) is 5.32 Å². The average Bonchev–Trinajstić information content (AvgIpc) is 2.76. The fourth-order valence-electron chi connectivity index (χ4n) is 2.23. The molecule has 0 radical (unpaired) electrons. The largest absolute Gasteiger partial charge is 0.396 e. The Morgan fingerprint density at radius 1 is 1.65 bits per heavy atom. The van der Waals surface area contributed by atoms with Crippen molar-refractivity contribution in [3.8, 4) is 0 Å². The number of morpholine rings is 1. The maximum atomic E-state index is 12.1. The van der Waals surface area contributed by atoms with E-state index in [1.165, 1.54) is 11.3 Å². The van der Waals surface area contributed by atoms with Gasteiger partial charge in [-0.05, 0) is 20.1 Å². The van der Waals surface area contributed by atoms with Crippen LogP contribution in [0.5, 0.6) is 0 Å². The average molecular weight is 315 g/mol. The van der Waals surface area contributed by atoms with E-state index in [9.17, 15) is 4.79 Å². The molecule has 1 aromatic rings. The lowest BCUT2D eigenvalue weighted by molar-refractivity contribution is 0.0533. The molecule has 2 rings (SSSR count). The van der Waals surface area contributed by atoms with E-state index in [-0.39, 0.29) is 12.0 Å². The van der Waals surface area contributed by atoms with Gasteiger partial charge in [-0.3, -0.25) is 4.79 Å². The van der Waals surface area contributed by atoms with Gasteiger partial charge in [-0.1, -0.05) is 0 Å². The van der Waals surface area contributed by atoms with Gasteiger partial charge in [0, 0.05) is 19.6 Å². The Morgan fingerprint density at radius 2 is 2.40 bits per heavy atom. The van der Waals surface area contributed by atoms with Crippen molar-refractivity contribution in [3.05, 3.63) is 4.88 Å². The Labute approximate surface area is 127 Å². The predicted molar refractivity (Wildman–Crippen MR) is 86.1 cm³/mol. The van der Waals surface area contributed by atoms with E-state index < -0.39 is 0 Å². The molecule has 0 aromatic carbocycles. The van der Waals surface area contributed by atoms with Gasteiger partial charge in [0.15, 0.2) is 0 Å². The second kappa shape index (κ2) is 6.69. The minimum atomic E-state index is -0.0853. The Morgan fingerprint density at radius 3 is 3.00 bits per heavy atom. The molecule has 1 saturated heterocycles. The normalized spacial score (nSPS) is 19.1. The first-order valence-electron chi connectivity index (χ1n) is 6.69. The van der Waals surface area contributed by atoms with E-state index in [0.29, 0.717) is 23.7 Å². The van der Waals surface area contributed by atoms with Crippen LogP contribution in [0.2, 0.25) is 0 Å². The van der Waals surface area contributed by atoms with Crippen LogP contribution in [0.3, 0.4) is 0 Å². The second-order valence-corrected chi connectivity index (χ2v) is 6.49. The highest BCUT2D eigenvalue weighted by Crippen LogP contribution is 2.44. The van der Waals surface area contributed by atoms with E-state index >= 15 is 0 Å². The first-order chi connectivity index (χ1) is 9.58. The number of carbonyl (C=O) groups excluding carboxylic acids is 1. The molecule has 1 fully saturated rings. The fraction of sp³-hybridized carbons (Fsp3) is 0.615. The van der Waals surface area contributed by atoms with E-state index in [2.05, 4.69) is 17.1 Å². The monoisotopic (exact) mass is 315 g/mol. The molecular weight excluding hydrogens is 294 g/mol. The summed E-state index contributed by atoms with van der Waals surface area (Å²) in [6, 6.07) is 0. The van der Waals surface area contributed by atoms with Crippen LogP contribution in [-0.4, -0.2) is 44.5 Å². The molecule has 1 aromatic heterocycles. The number of hydrogen-bond donors (Lipinski definition) is 2. The molecule has 7 heteroatoms. The predicted octanol–water partition coefficient (Wildman–Crippen LogP) is 2.03. The van der Waals surface area contributed by atoms with Gasteiger partial charge in [-0.25, -0.2) is 0 Å². The summed E-state index contributed by atoms with van der Waals surface area (Å²) in [5.41, 5.74) is 6.76. The number of anilines is 2. The number of ether oxygens (including phenoxy) is 1. The molecule has 1 unspecified atom stereocenters. The first-order valence-corrected chi connectivity index (χ1v) is 8.73. The SMILES string of the molecule is CCNC(=O)c1sc(N2CCOC(C)C2)c(SC)c1N. The molecule has 20 heavy (non-hydrogen) atoms. The third-order valence-corrected chi connectivity index (χ3v) is 5.37. The quantitative estimate of drug-likeness (QED) is 0.832. The van der Waals surface area contributed by atoms with Crippen LogP contribution in [0.25, 0.3) is 0 Å². The van der Waals surface area contributed by atoms with Crippen molar-refractivity contribution in [3.63, 3.8) is 0 Å². The summed E-state index contributed by atoms with van der Waals surface area (Å²) in [5.74, 6) is -0.0853. The lowest BCUT2D eigenvalue weighted by Gasteiger charge is -2.32. The van der Waals surface area contributed by atoms with Crippen LogP contribution >= 0.6 is 23.1 Å². The highest BCUT2D eigenvalue weighted by atomic mass is 32.2. The smallest absolute Gasteiger partial charge is 0.263 e. The Hall–Kier alpha value is -0.920. The number of rotatable bonds is 4. The fourth-order valence-corrected chi connectivity index (χ4v) is 4.37. The van der Waals surface area contributed by atoms with Gasteiger partial charge in [0.25, 0.3) is 5.91 Å². The van der Waals surface area contributed by atoms with Crippen molar-refractivity contribution >= 4 is 39.7 Å². The van der Waals surface area contributed by atoms with E-state index in [1.807, 2.05) is 13.2 Å². The van der Waals surface area contributed by atoms with Gasteiger partial charge in [-0.15, -0.1) is 23.1 Å². The third kappa shape index (κ3) is 3.05. The van der Waals surface area contributed by atoms with Crippen molar-refractivity contribution in [2.45, 2.75) is 24.8 Å². The molecule has 112 valence electrons. The number of nitrogens with zero attached hydrogens (tertiary/aromatic N) is 1. The van der Waals surface area contributed by atoms with Crippen molar-refractivity contribution < 1.29 is 9.53 Å². The topological polar surface area (TPSA) is 67.6 Å². The van der Waals surface area contributed by atoms with Crippen molar-refractivity contribution in [2.24, 2.45) is 0 Å². The summed E-state index contributed by atoms with van der Waals surface area (Å²) in [6.45, 7) is 6.96. The second-order valence-electron chi connectivity index (χ2n) is 4.67. The summed E-state index contributed by atoms with van der Waals surface area (Å²) in [4.78, 5) is 15.9. The number of thiophene rings is 1. The zero-order valence-corrected chi connectivity index (χ0v) is 13.7. The van der Waals surface area contributed by atoms with Crippen LogP contribution in [0.4, 0.5) is 10.7 Å². The molecule has 1 amide bonds. The van der Waals surface area contributed by atoms with Gasteiger partial charge < -0.3 is 20.7 Å². The van der Waals surface area contributed by atoms with E-state index in [0.717, 1.165) is 23.0 Å².